The maximum Gasteiger partial charge on any atom is 0.335 e. The smallest absolute Gasteiger partial charge is 0.335 e. The minimum Gasteiger partial charge on any atom is -0.478 e. The van der Waals surface area contributed by atoms with Crippen LogP contribution < -0.4 is 14.2 Å². The Hall–Kier alpha value is -6.34. The van der Waals surface area contributed by atoms with Gasteiger partial charge in [0.15, 0.2) is 0 Å². The number of ether oxygens (including phenoxy) is 3. The van der Waals surface area contributed by atoms with Gasteiger partial charge in [-0.2, -0.15) is 0 Å². The summed E-state index contributed by atoms with van der Waals surface area (Å²) in [4.78, 5) is 22.3. The van der Waals surface area contributed by atoms with Crippen LogP contribution in [0.5, 0.6) is 34.5 Å². The van der Waals surface area contributed by atoms with Gasteiger partial charge in [0.2, 0.25) is 0 Å². The molecule has 0 heterocycles. The summed E-state index contributed by atoms with van der Waals surface area (Å²) in [6.45, 7) is 0. The van der Waals surface area contributed by atoms with Crippen molar-refractivity contribution >= 4 is 11.9 Å². The molecule has 0 atom stereocenters. The summed E-state index contributed by atoms with van der Waals surface area (Å²) >= 11 is 0. The van der Waals surface area contributed by atoms with Crippen LogP contribution in [0.2, 0.25) is 0 Å². The fourth-order valence-corrected chi connectivity index (χ4v) is 4.71. The zero-order chi connectivity index (χ0) is 31.2. The van der Waals surface area contributed by atoms with E-state index in [1.54, 1.807) is 24.3 Å². The molecule has 6 aromatic carbocycles. The van der Waals surface area contributed by atoms with Crippen molar-refractivity contribution in [2.45, 2.75) is 0 Å². The molecule has 0 bridgehead atoms. The maximum absolute atomic E-state index is 11.1. The van der Waals surface area contributed by atoms with Crippen LogP contribution in [0.1, 0.15) is 20.7 Å². The quantitative estimate of drug-likeness (QED) is 0.163. The topological polar surface area (TPSA) is 102 Å². The first kappa shape index (κ1) is 28.8. The van der Waals surface area contributed by atoms with Crippen molar-refractivity contribution in [1.82, 2.24) is 0 Å². The number of hydrogen-bond acceptors (Lipinski definition) is 5. The number of carboxylic acids is 2. The molecule has 0 spiro atoms. The lowest BCUT2D eigenvalue weighted by Crippen LogP contribution is -1.95. The number of carbonyl (C=O) groups is 2. The lowest BCUT2D eigenvalue weighted by molar-refractivity contribution is 0.0686. The van der Waals surface area contributed by atoms with E-state index in [1.807, 2.05) is 97.1 Å². The molecule has 0 aliphatic heterocycles. The minimum absolute atomic E-state index is 0.196. The molecule has 2 N–H and O–H groups in total. The molecule has 0 aromatic heterocycles. The van der Waals surface area contributed by atoms with Gasteiger partial charge in [0.1, 0.15) is 34.5 Å². The second-order valence-electron chi connectivity index (χ2n) is 10.0. The second kappa shape index (κ2) is 12.9. The Morgan fingerprint density at radius 2 is 0.689 bits per heavy atom. The first-order valence-corrected chi connectivity index (χ1v) is 14.0. The van der Waals surface area contributed by atoms with Crippen LogP contribution in [0.3, 0.4) is 0 Å². The van der Waals surface area contributed by atoms with Gasteiger partial charge in [-0.05, 0) is 96.1 Å². The van der Waals surface area contributed by atoms with Crippen LogP contribution >= 0.6 is 0 Å². The van der Waals surface area contributed by atoms with Gasteiger partial charge in [0.05, 0.1) is 11.1 Å². The molecule has 0 saturated carbocycles. The molecule has 220 valence electrons. The van der Waals surface area contributed by atoms with E-state index < -0.39 is 11.9 Å². The molecule has 7 heteroatoms. The van der Waals surface area contributed by atoms with E-state index >= 15 is 0 Å². The third kappa shape index (κ3) is 6.84. The number of carboxylic acid groups (broad SMARTS) is 2. The normalized spacial score (nSPS) is 10.6. The van der Waals surface area contributed by atoms with Gasteiger partial charge in [-0.3, -0.25) is 0 Å². The fourth-order valence-electron chi connectivity index (χ4n) is 4.71. The highest BCUT2D eigenvalue weighted by molar-refractivity contribution is 5.88. The third-order valence-electron chi connectivity index (χ3n) is 7.00. The van der Waals surface area contributed by atoms with E-state index in [2.05, 4.69) is 0 Å². The van der Waals surface area contributed by atoms with Crippen molar-refractivity contribution < 1.29 is 34.0 Å². The van der Waals surface area contributed by atoms with E-state index in [0.29, 0.717) is 34.5 Å². The Labute approximate surface area is 259 Å². The molecule has 45 heavy (non-hydrogen) atoms. The molecule has 0 aliphatic carbocycles. The lowest BCUT2D eigenvalue weighted by atomic mass is 10.0. The Balaban J connectivity index is 1.14. The molecule has 0 unspecified atom stereocenters. The maximum atomic E-state index is 11.1. The van der Waals surface area contributed by atoms with Crippen LogP contribution in [0.4, 0.5) is 0 Å². The summed E-state index contributed by atoms with van der Waals surface area (Å²) in [5.74, 6) is 1.74. The zero-order valence-electron chi connectivity index (χ0n) is 23.8. The number of hydrogen-bond donors (Lipinski definition) is 2. The monoisotopic (exact) mass is 594 g/mol. The average molecular weight is 595 g/mol. The average Bonchev–Trinajstić information content (AvgIpc) is 3.07. The van der Waals surface area contributed by atoms with Gasteiger partial charge in [-0.1, -0.05) is 60.7 Å². The Morgan fingerprint density at radius 1 is 0.378 bits per heavy atom. The molecular weight excluding hydrogens is 568 g/mol. The molecule has 6 rings (SSSR count). The molecule has 0 aliphatic rings. The summed E-state index contributed by atoms with van der Waals surface area (Å²) in [5.41, 5.74) is 4.03. The van der Waals surface area contributed by atoms with Crippen molar-refractivity contribution in [2.75, 3.05) is 0 Å². The summed E-state index contributed by atoms with van der Waals surface area (Å²) < 4.78 is 18.3. The van der Waals surface area contributed by atoms with Crippen LogP contribution in [-0.2, 0) is 0 Å². The third-order valence-corrected chi connectivity index (χ3v) is 7.00. The highest BCUT2D eigenvalue weighted by Gasteiger charge is 2.11. The van der Waals surface area contributed by atoms with Gasteiger partial charge in [-0.15, -0.1) is 0 Å². The standard InChI is InChI=1S/C38H26O7/c39-37(40)27-13-21-31(22-14-27)44-35-7-3-1-5-33(35)25-9-17-29(18-10-25)43-30-19-11-26(12-20-30)34-6-2-4-8-36(34)45-32-23-15-28(16-24-32)38(41)42/h1-24H,(H,39,40)(H,41,42). The fraction of sp³-hybridized carbons (Fsp3) is 0. The molecule has 0 fully saturated rings. The summed E-state index contributed by atoms with van der Waals surface area (Å²) in [7, 11) is 0. The van der Waals surface area contributed by atoms with Gasteiger partial charge in [-0.25, -0.2) is 9.59 Å². The first-order valence-electron chi connectivity index (χ1n) is 14.0. The van der Waals surface area contributed by atoms with Gasteiger partial charge in [0, 0.05) is 11.1 Å². The number of para-hydroxylation sites is 2. The second-order valence-corrected chi connectivity index (χ2v) is 10.0. The number of rotatable bonds is 10. The predicted molar refractivity (Wildman–Crippen MR) is 171 cm³/mol. The lowest BCUT2D eigenvalue weighted by Gasteiger charge is -2.13. The Kier molecular flexibility index (Phi) is 8.24. The van der Waals surface area contributed by atoms with Crippen LogP contribution in [0, 0.1) is 0 Å². The van der Waals surface area contributed by atoms with E-state index in [9.17, 15) is 9.59 Å². The van der Waals surface area contributed by atoms with E-state index in [0.717, 1.165) is 22.3 Å². The SMILES string of the molecule is O=C(O)c1ccc(Oc2ccccc2-c2ccc(Oc3ccc(-c4ccccc4Oc4ccc(C(=O)O)cc4)cc3)cc2)cc1. The Bertz CT molecular complexity index is 1800. The highest BCUT2D eigenvalue weighted by Crippen LogP contribution is 2.37. The first-order chi connectivity index (χ1) is 21.9. The molecule has 7 nitrogen and oxygen atoms in total. The number of aromatic carboxylic acids is 2. The summed E-state index contributed by atoms with van der Waals surface area (Å²) in [6, 6.07) is 43.2. The van der Waals surface area contributed by atoms with Crippen molar-refractivity contribution in [3.8, 4) is 56.8 Å². The van der Waals surface area contributed by atoms with Gasteiger partial charge >= 0.3 is 11.9 Å². The molecule has 0 amide bonds. The number of benzene rings is 6. The molecule has 0 saturated heterocycles. The van der Waals surface area contributed by atoms with Gasteiger partial charge < -0.3 is 24.4 Å². The Morgan fingerprint density at radius 3 is 1.04 bits per heavy atom. The zero-order valence-corrected chi connectivity index (χ0v) is 23.8. The van der Waals surface area contributed by atoms with Crippen molar-refractivity contribution in [2.24, 2.45) is 0 Å². The van der Waals surface area contributed by atoms with E-state index in [4.69, 9.17) is 24.4 Å². The van der Waals surface area contributed by atoms with Crippen molar-refractivity contribution in [3.05, 3.63) is 157 Å². The summed E-state index contributed by atoms with van der Waals surface area (Å²) in [6.07, 6.45) is 0. The van der Waals surface area contributed by atoms with Crippen LogP contribution in [-0.4, -0.2) is 22.2 Å². The molecule has 0 radical (unpaired) electrons. The predicted octanol–water partition coefficient (Wildman–Crippen LogP) is 9.79. The van der Waals surface area contributed by atoms with E-state index in [-0.39, 0.29) is 11.1 Å². The van der Waals surface area contributed by atoms with Crippen molar-refractivity contribution in [3.63, 3.8) is 0 Å². The van der Waals surface area contributed by atoms with Crippen LogP contribution in [0.25, 0.3) is 22.3 Å². The summed E-state index contributed by atoms with van der Waals surface area (Å²) in [5, 5.41) is 18.3. The largest absolute Gasteiger partial charge is 0.478 e. The van der Waals surface area contributed by atoms with Crippen molar-refractivity contribution in [1.29, 1.82) is 0 Å². The van der Waals surface area contributed by atoms with Crippen LogP contribution in [0.15, 0.2) is 146 Å². The van der Waals surface area contributed by atoms with Gasteiger partial charge in [0.25, 0.3) is 0 Å². The molecule has 6 aromatic rings. The minimum atomic E-state index is -0.987. The van der Waals surface area contributed by atoms with E-state index in [1.165, 1.54) is 24.3 Å². The highest BCUT2D eigenvalue weighted by atomic mass is 16.5. The molecular formula is C38H26O7.